The first-order chi connectivity index (χ1) is 13.3. The summed E-state index contributed by atoms with van der Waals surface area (Å²) in [6.45, 7) is 0. The van der Waals surface area contributed by atoms with Crippen LogP contribution >= 0.6 is 0 Å². The molecule has 3 nitrogen and oxygen atoms in total. The Morgan fingerprint density at radius 2 is 1.70 bits per heavy atom. The number of hydrogen-bond acceptors (Lipinski definition) is 2. The Morgan fingerprint density at radius 3 is 2.52 bits per heavy atom. The molecule has 27 heavy (non-hydrogen) atoms. The fourth-order valence-electron chi connectivity index (χ4n) is 4.13. The van der Waals surface area contributed by atoms with Crippen LogP contribution in [0, 0.1) is 5.92 Å². The van der Waals surface area contributed by atoms with Crippen LogP contribution in [0.15, 0.2) is 77.4 Å². The van der Waals surface area contributed by atoms with Crippen molar-refractivity contribution in [3.05, 3.63) is 84.3 Å². The highest BCUT2D eigenvalue weighted by Gasteiger charge is 2.28. The van der Waals surface area contributed by atoms with E-state index < -0.39 is 0 Å². The molecule has 0 saturated heterocycles. The summed E-state index contributed by atoms with van der Waals surface area (Å²) in [7, 11) is 0. The zero-order valence-electron chi connectivity index (χ0n) is 15.4. The minimum Gasteiger partial charge on any atom is -0.469 e. The molecule has 2 aromatic carbocycles. The lowest BCUT2D eigenvalue weighted by molar-refractivity contribution is 0.0904. The molecule has 1 amide bonds. The molecule has 0 spiro atoms. The first kappa shape index (κ1) is 17.6. The standard InChI is InChI=1S/C24H25NO2/c26-24(22-14-6-5-13-21(22)18-9-2-1-3-10-18)25-23-15-7-4-11-19(23)17-20-12-8-16-27-20/h1-3,5-6,8-10,12-14,16,19,23H,4,7,11,15,17H2,(H,25,26)/t19-,23+/m0/s1. The molecule has 1 N–H and O–H groups in total. The largest absolute Gasteiger partial charge is 0.469 e. The normalized spacial score (nSPS) is 19.6. The Hall–Kier alpha value is -2.81. The highest BCUT2D eigenvalue weighted by atomic mass is 16.3. The van der Waals surface area contributed by atoms with Gasteiger partial charge in [0.15, 0.2) is 0 Å². The highest BCUT2D eigenvalue weighted by molar-refractivity contribution is 6.01. The maximum atomic E-state index is 13.1. The summed E-state index contributed by atoms with van der Waals surface area (Å²) in [5.74, 6) is 1.45. The number of hydrogen-bond donors (Lipinski definition) is 1. The molecular weight excluding hydrogens is 334 g/mol. The van der Waals surface area contributed by atoms with Crippen molar-refractivity contribution in [2.45, 2.75) is 38.1 Å². The van der Waals surface area contributed by atoms with E-state index in [1.807, 2.05) is 66.7 Å². The van der Waals surface area contributed by atoms with Crippen LogP contribution in [-0.4, -0.2) is 11.9 Å². The molecule has 1 heterocycles. The van der Waals surface area contributed by atoms with Crippen molar-refractivity contribution in [3.63, 3.8) is 0 Å². The minimum atomic E-state index is 0.0193. The van der Waals surface area contributed by atoms with Crippen LogP contribution in [0.1, 0.15) is 41.8 Å². The van der Waals surface area contributed by atoms with E-state index >= 15 is 0 Å². The molecule has 138 valence electrons. The summed E-state index contributed by atoms with van der Waals surface area (Å²) in [6, 6.07) is 22.1. The number of nitrogens with one attached hydrogen (secondary N) is 1. The molecule has 0 aliphatic heterocycles. The van der Waals surface area contributed by atoms with Crippen LogP contribution in [0.25, 0.3) is 11.1 Å². The number of carbonyl (C=O) groups is 1. The van der Waals surface area contributed by atoms with Crippen molar-refractivity contribution in [1.82, 2.24) is 5.32 Å². The lowest BCUT2D eigenvalue weighted by Gasteiger charge is -2.32. The number of rotatable bonds is 5. The molecule has 1 aliphatic rings. The first-order valence-corrected chi connectivity index (χ1v) is 9.79. The fourth-order valence-corrected chi connectivity index (χ4v) is 4.13. The molecule has 3 aromatic rings. The Balaban J connectivity index is 1.53. The van der Waals surface area contributed by atoms with Gasteiger partial charge in [0.2, 0.25) is 0 Å². The van der Waals surface area contributed by atoms with Gasteiger partial charge in [0.25, 0.3) is 5.91 Å². The molecule has 4 rings (SSSR count). The lowest BCUT2D eigenvalue weighted by Crippen LogP contribution is -2.43. The summed E-state index contributed by atoms with van der Waals surface area (Å²) in [5.41, 5.74) is 2.79. The van der Waals surface area contributed by atoms with Crippen molar-refractivity contribution in [2.24, 2.45) is 5.92 Å². The predicted octanol–water partition coefficient (Wildman–Crippen LogP) is 5.48. The first-order valence-electron chi connectivity index (χ1n) is 9.79. The van der Waals surface area contributed by atoms with E-state index in [2.05, 4.69) is 5.32 Å². The molecular formula is C24H25NO2. The number of carbonyl (C=O) groups excluding carboxylic acids is 1. The van der Waals surface area contributed by atoms with Gasteiger partial charge in [0, 0.05) is 18.0 Å². The Morgan fingerprint density at radius 1 is 0.926 bits per heavy atom. The monoisotopic (exact) mass is 359 g/mol. The second kappa shape index (κ2) is 8.26. The van der Waals surface area contributed by atoms with Gasteiger partial charge in [-0.05, 0) is 48.1 Å². The van der Waals surface area contributed by atoms with E-state index in [0.29, 0.717) is 5.92 Å². The van der Waals surface area contributed by atoms with E-state index in [1.54, 1.807) is 6.26 Å². The lowest BCUT2D eigenvalue weighted by atomic mass is 9.81. The summed E-state index contributed by atoms with van der Waals surface area (Å²) < 4.78 is 5.54. The van der Waals surface area contributed by atoms with E-state index in [0.717, 1.165) is 41.7 Å². The molecule has 0 radical (unpaired) electrons. The Bertz CT molecular complexity index is 870. The highest BCUT2D eigenvalue weighted by Crippen LogP contribution is 2.29. The van der Waals surface area contributed by atoms with Gasteiger partial charge in [0.05, 0.1) is 6.26 Å². The van der Waals surface area contributed by atoms with Crippen LogP contribution in [0.5, 0.6) is 0 Å². The van der Waals surface area contributed by atoms with Crippen LogP contribution in [0.2, 0.25) is 0 Å². The summed E-state index contributed by atoms with van der Waals surface area (Å²) >= 11 is 0. The van der Waals surface area contributed by atoms with Gasteiger partial charge in [0.1, 0.15) is 5.76 Å². The average Bonchev–Trinajstić information content (AvgIpc) is 3.23. The van der Waals surface area contributed by atoms with E-state index in [4.69, 9.17) is 4.42 Å². The molecule has 1 fully saturated rings. The van der Waals surface area contributed by atoms with E-state index in [-0.39, 0.29) is 11.9 Å². The van der Waals surface area contributed by atoms with Gasteiger partial charge in [-0.3, -0.25) is 4.79 Å². The van der Waals surface area contributed by atoms with Crippen molar-refractivity contribution in [2.75, 3.05) is 0 Å². The van der Waals surface area contributed by atoms with Gasteiger partial charge >= 0.3 is 0 Å². The van der Waals surface area contributed by atoms with Gasteiger partial charge in [-0.2, -0.15) is 0 Å². The molecule has 2 atom stereocenters. The molecule has 0 bridgehead atoms. The van der Waals surface area contributed by atoms with Gasteiger partial charge in [-0.15, -0.1) is 0 Å². The topological polar surface area (TPSA) is 42.2 Å². The number of furan rings is 1. The summed E-state index contributed by atoms with van der Waals surface area (Å²) in [4.78, 5) is 13.1. The second-order valence-corrected chi connectivity index (χ2v) is 7.32. The third kappa shape index (κ3) is 4.13. The maximum Gasteiger partial charge on any atom is 0.252 e. The Kier molecular flexibility index (Phi) is 5.38. The van der Waals surface area contributed by atoms with Crippen molar-refractivity contribution in [3.8, 4) is 11.1 Å². The number of amides is 1. The average molecular weight is 359 g/mol. The van der Waals surface area contributed by atoms with E-state index in [1.165, 1.54) is 12.8 Å². The van der Waals surface area contributed by atoms with Crippen molar-refractivity contribution in [1.29, 1.82) is 0 Å². The maximum absolute atomic E-state index is 13.1. The van der Waals surface area contributed by atoms with Crippen LogP contribution in [0.3, 0.4) is 0 Å². The summed E-state index contributed by atoms with van der Waals surface area (Å²) in [6.07, 6.45) is 7.16. The van der Waals surface area contributed by atoms with Gasteiger partial charge in [-0.1, -0.05) is 61.4 Å². The van der Waals surface area contributed by atoms with Crippen LogP contribution < -0.4 is 5.32 Å². The molecule has 1 aromatic heterocycles. The molecule has 0 unspecified atom stereocenters. The Labute approximate surface area is 160 Å². The van der Waals surface area contributed by atoms with E-state index in [9.17, 15) is 4.79 Å². The van der Waals surface area contributed by atoms with Crippen LogP contribution in [0.4, 0.5) is 0 Å². The molecule has 1 saturated carbocycles. The van der Waals surface area contributed by atoms with Gasteiger partial charge in [-0.25, -0.2) is 0 Å². The predicted molar refractivity (Wildman–Crippen MR) is 108 cm³/mol. The zero-order chi connectivity index (χ0) is 18.5. The van der Waals surface area contributed by atoms with Crippen molar-refractivity contribution >= 4 is 5.91 Å². The molecule has 3 heteroatoms. The quantitative estimate of drug-likeness (QED) is 0.655. The minimum absolute atomic E-state index is 0.0193. The number of benzene rings is 2. The summed E-state index contributed by atoms with van der Waals surface area (Å²) in [5, 5.41) is 3.33. The SMILES string of the molecule is O=C(N[C@@H]1CCCC[C@H]1Cc1ccco1)c1ccccc1-c1ccccc1. The second-order valence-electron chi connectivity index (χ2n) is 7.32. The fraction of sp³-hybridized carbons (Fsp3) is 0.292. The third-order valence-corrected chi connectivity index (χ3v) is 5.53. The smallest absolute Gasteiger partial charge is 0.252 e. The molecule has 1 aliphatic carbocycles. The van der Waals surface area contributed by atoms with Gasteiger partial charge < -0.3 is 9.73 Å². The van der Waals surface area contributed by atoms with Crippen LogP contribution in [-0.2, 0) is 6.42 Å². The third-order valence-electron chi connectivity index (χ3n) is 5.53. The zero-order valence-corrected chi connectivity index (χ0v) is 15.4. The van der Waals surface area contributed by atoms with Crippen molar-refractivity contribution < 1.29 is 9.21 Å².